The number of likely N-dealkylation sites (N-methyl/N-ethyl adjacent to an activating group) is 1. The molecule has 0 bridgehead atoms. The van der Waals surface area contributed by atoms with Crippen LogP contribution in [-0.4, -0.2) is 40.9 Å². The van der Waals surface area contributed by atoms with E-state index in [2.05, 4.69) is 10.3 Å². The van der Waals surface area contributed by atoms with Crippen LogP contribution < -0.4 is 5.32 Å². The molecule has 1 aromatic heterocycles. The van der Waals surface area contributed by atoms with Crippen LogP contribution in [0.3, 0.4) is 0 Å². The molecule has 0 aromatic carbocycles. The lowest BCUT2D eigenvalue weighted by atomic mass is 10.2. The molecule has 0 fully saturated rings. The standard InChI is InChI=1S/C11H13F3N4O3/c1-6(10(19)17(2)3)16-7-4-9(11(12,13)14)15-5-8(7)18(20)21/h4-6H,1-3H3,(H,15,16). The van der Waals surface area contributed by atoms with E-state index in [4.69, 9.17) is 0 Å². The van der Waals surface area contributed by atoms with Crippen molar-refractivity contribution in [2.45, 2.75) is 19.1 Å². The predicted octanol–water partition coefficient (Wildman–Crippen LogP) is 1.90. The van der Waals surface area contributed by atoms with Crippen LogP contribution in [0, 0.1) is 10.1 Å². The van der Waals surface area contributed by atoms with Crippen LogP contribution in [0.1, 0.15) is 12.6 Å². The molecule has 10 heteroatoms. The Hall–Kier alpha value is -2.39. The summed E-state index contributed by atoms with van der Waals surface area (Å²) in [5.41, 5.74) is -2.33. The Bertz CT molecular complexity index is 560. The first-order valence-electron chi connectivity index (χ1n) is 5.73. The van der Waals surface area contributed by atoms with Gasteiger partial charge < -0.3 is 10.2 Å². The number of carbonyl (C=O) groups is 1. The number of nitrogens with one attached hydrogen (secondary N) is 1. The zero-order valence-corrected chi connectivity index (χ0v) is 11.4. The number of pyridine rings is 1. The highest BCUT2D eigenvalue weighted by Gasteiger charge is 2.34. The van der Waals surface area contributed by atoms with Crippen LogP contribution in [0.4, 0.5) is 24.5 Å². The molecule has 7 nitrogen and oxygen atoms in total. The molecular formula is C11H13F3N4O3. The summed E-state index contributed by atoms with van der Waals surface area (Å²) in [6, 6.07) is -0.417. The van der Waals surface area contributed by atoms with Gasteiger partial charge in [0.15, 0.2) is 0 Å². The van der Waals surface area contributed by atoms with Crippen molar-refractivity contribution >= 4 is 17.3 Å². The largest absolute Gasteiger partial charge is 0.433 e. The molecule has 0 aliphatic heterocycles. The zero-order valence-electron chi connectivity index (χ0n) is 11.4. The summed E-state index contributed by atoms with van der Waals surface area (Å²) in [5.74, 6) is -0.435. The molecule has 1 aromatic rings. The van der Waals surface area contributed by atoms with Crippen LogP contribution in [0.5, 0.6) is 0 Å². The van der Waals surface area contributed by atoms with Gasteiger partial charge in [0.1, 0.15) is 23.6 Å². The molecule has 0 radical (unpaired) electrons. The summed E-state index contributed by atoms with van der Waals surface area (Å²) < 4.78 is 37.8. The number of halogens is 3. The van der Waals surface area contributed by atoms with Crippen molar-refractivity contribution in [3.63, 3.8) is 0 Å². The zero-order chi connectivity index (χ0) is 16.4. The molecule has 1 N–H and O–H groups in total. The lowest BCUT2D eigenvalue weighted by Crippen LogP contribution is -2.36. The molecule has 1 amide bonds. The number of hydrogen-bond donors (Lipinski definition) is 1. The number of nitro groups is 1. The number of hydrogen-bond acceptors (Lipinski definition) is 5. The highest BCUT2D eigenvalue weighted by atomic mass is 19.4. The van der Waals surface area contributed by atoms with Gasteiger partial charge in [-0.15, -0.1) is 0 Å². The lowest BCUT2D eigenvalue weighted by molar-refractivity contribution is -0.384. The van der Waals surface area contributed by atoms with E-state index in [0.29, 0.717) is 12.3 Å². The second kappa shape index (κ2) is 5.94. The third-order valence-electron chi connectivity index (χ3n) is 2.55. The van der Waals surface area contributed by atoms with Crippen LogP contribution in [0.15, 0.2) is 12.3 Å². The number of amides is 1. The molecule has 0 saturated carbocycles. The summed E-state index contributed by atoms with van der Waals surface area (Å²) in [7, 11) is 2.92. The smallest absolute Gasteiger partial charge is 0.368 e. The molecule has 0 aliphatic carbocycles. The fourth-order valence-electron chi connectivity index (χ4n) is 1.55. The van der Waals surface area contributed by atoms with Gasteiger partial charge in [-0.25, -0.2) is 4.98 Å². The van der Waals surface area contributed by atoms with E-state index < -0.39 is 40.1 Å². The highest BCUT2D eigenvalue weighted by Crippen LogP contribution is 2.33. The summed E-state index contributed by atoms with van der Waals surface area (Å²) in [6.45, 7) is 1.39. The minimum atomic E-state index is -4.74. The van der Waals surface area contributed by atoms with Gasteiger partial charge >= 0.3 is 11.9 Å². The molecule has 0 saturated heterocycles. The first-order valence-corrected chi connectivity index (χ1v) is 5.73. The van der Waals surface area contributed by atoms with Crippen molar-refractivity contribution in [2.24, 2.45) is 0 Å². The third-order valence-corrected chi connectivity index (χ3v) is 2.55. The van der Waals surface area contributed by atoms with Gasteiger partial charge in [-0.2, -0.15) is 13.2 Å². The Morgan fingerprint density at radius 3 is 2.48 bits per heavy atom. The summed E-state index contributed by atoms with van der Waals surface area (Å²) in [5, 5.41) is 13.2. The van der Waals surface area contributed by atoms with E-state index in [9.17, 15) is 28.1 Å². The van der Waals surface area contributed by atoms with Gasteiger partial charge in [-0.1, -0.05) is 0 Å². The number of anilines is 1. The molecular weight excluding hydrogens is 293 g/mol. The number of carbonyl (C=O) groups excluding carboxylic acids is 1. The number of rotatable bonds is 4. The van der Waals surface area contributed by atoms with E-state index in [1.165, 1.54) is 25.9 Å². The Balaban J connectivity index is 3.19. The lowest BCUT2D eigenvalue weighted by Gasteiger charge is -2.19. The van der Waals surface area contributed by atoms with Gasteiger partial charge in [0.05, 0.1) is 4.92 Å². The van der Waals surface area contributed by atoms with Gasteiger partial charge in [0, 0.05) is 14.1 Å². The first-order chi connectivity index (χ1) is 9.54. The van der Waals surface area contributed by atoms with Crippen LogP contribution >= 0.6 is 0 Å². The minimum Gasteiger partial charge on any atom is -0.368 e. The van der Waals surface area contributed by atoms with Gasteiger partial charge in [0.2, 0.25) is 5.91 Å². The Morgan fingerprint density at radius 2 is 2.05 bits per heavy atom. The van der Waals surface area contributed by atoms with Crippen molar-refractivity contribution in [1.29, 1.82) is 0 Å². The topological polar surface area (TPSA) is 88.4 Å². The van der Waals surface area contributed by atoms with Crippen molar-refractivity contribution in [2.75, 3.05) is 19.4 Å². The Kier molecular flexibility index (Phi) is 4.71. The Morgan fingerprint density at radius 1 is 1.48 bits per heavy atom. The van der Waals surface area contributed by atoms with E-state index in [1.807, 2.05) is 0 Å². The number of alkyl halides is 3. The summed E-state index contributed by atoms with van der Waals surface area (Å²) in [6.07, 6.45) is -4.22. The van der Waals surface area contributed by atoms with Crippen LogP contribution in [-0.2, 0) is 11.0 Å². The van der Waals surface area contributed by atoms with Crippen molar-refractivity contribution < 1.29 is 22.9 Å². The van der Waals surface area contributed by atoms with Crippen molar-refractivity contribution in [3.8, 4) is 0 Å². The second-order valence-corrected chi connectivity index (χ2v) is 4.44. The normalized spacial score (nSPS) is 12.7. The maximum Gasteiger partial charge on any atom is 0.433 e. The molecule has 1 unspecified atom stereocenters. The first kappa shape index (κ1) is 16.7. The highest BCUT2D eigenvalue weighted by molar-refractivity contribution is 5.84. The summed E-state index contributed by atoms with van der Waals surface area (Å²) in [4.78, 5) is 25.8. The third kappa shape index (κ3) is 4.04. The van der Waals surface area contributed by atoms with Crippen LogP contribution in [0.25, 0.3) is 0 Å². The average Bonchev–Trinajstić information content (AvgIpc) is 2.36. The van der Waals surface area contributed by atoms with E-state index in [0.717, 1.165) is 0 Å². The minimum absolute atomic E-state index is 0.412. The second-order valence-electron chi connectivity index (χ2n) is 4.44. The van der Waals surface area contributed by atoms with Gasteiger partial charge in [-0.05, 0) is 13.0 Å². The fourth-order valence-corrected chi connectivity index (χ4v) is 1.55. The molecule has 116 valence electrons. The van der Waals surface area contributed by atoms with Crippen LogP contribution in [0.2, 0.25) is 0 Å². The molecule has 1 atom stereocenters. The maximum atomic E-state index is 12.6. The van der Waals surface area contributed by atoms with Gasteiger partial charge in [0.25, 0.3) is 0 Å². The molecule has 1 rings (SSSR count). The van der Waals surface area contributed by atoms with E-state index in [-0.39, 0.29) is 0 Å². The monoisotopic (exact) mass is 306 g/mol. The fraction of sp³-hybridized carbons (Fsp3) is 0.455. The molecule has 0 spiro atoms. The maximum absolute atomic E-state index is 12.6. The van der Waals surface area contributed by atoms with Crippen molar-refractivity contribution in [1.82, 2.24) is 9.88 Å². The SMILES string of the molecule is CC(Nc1cc(C(F)(F)F)ncc1[N+](=O)[O-])C(=O)N(C)C. The predicted molar refractivity (Wildman–Crippen MR) is 67.7 cm³/mol. The summed E-state index contributed by atoms with van der Waals surface area (Å²) >= 11 is 0. The van der Waals surface area contributed by atoms with Gasteiger partial charge in [-0.3, -0.25) is 14.9 Å². The average molecular weight is 306 g/mol. The molecule has 0 aliphatic rings. The van der Waals surface area contributed by atoms with E-state index >= 15 is 0 Å². The number of aromatic nitrogens is 1. The molecule has 1 heterocycles. The quantitative estimate of drug-likeness (QED) is 0.678. The number of nitrogens with zero attached hydrogens (tertiary/aromatic N) is 3. The van der Waals surface area contributed by atoms with E-state index in [1.54, 1.807) is 0 Å². The molecule has 21 heavy (non-hydrogen) atoms. The Labute approximate surface area is 117 Å². The van der Waals surface area contributed by atoms with Crippen molar-refractivity contribution in [3.05, 3.63) is 28.1 Å².